The number of rotatable bonds is 7. The maximum atomic E-state index is 2.33. The monoisotopic (exact) mass is 234 g/mol. The molecule has 0 saturated heterocycles. The molecule has 0 heteroatoms. The van der Waals surface area contributed by atoms with Gasteiger partial charge in [0.1, 0.15) is 0 Å². The quantitative estimate of drug-likeness (QED) is 0.480. The van der Waals surface area contributed by atoms with Crippen molar-refractivity contribution in [3.63, 3.8) is 0 Å². The smallest absolute Gasteiger partial charge is 0.0251 e. The highest BCUT2D eigenvalue weighted by Gasteiger charge is 2.03. The molecule has 0 aromatic rings. The molecule has 0 saturated carbocycles. The molecule has 2 unspecified atom stereocenters. The van der Waals surface area contributed by atoms with Crippen LogP contribution in [0.3, 0.4) is 0 Å². The van der Waals surface area contributed by atoms with Crippen LogP contribution >= 0.6 is 0 Å². The molecule has 0 fully saturated rings. The van der Waals surface area contributed by atoms with E-state index < -0.39 is 0 Å². The lowest BCUT2D eigenvalue weighted by molar-refractivity contribution is 0.561. The van der Waals surface area contributed by atoms with Crippen molar-refractivity contribution < 1.29 is 0 Å². The topological polar surface area (TPSA) is 0 Å². The van der Waals surface area contributed by atoms with E-state index in [0.29, 0.717) is 5.92 Å². The Morgan fingerprint density at radius 1 is 1.06 bits per heavy atom. The molecule has 0 aromatic carbocycles. The van der Waals surface area contributed by atoms with Gasteiger partial charge >= 0.3 is 0 Å². The maximum Gasteiger partial charge on any atom is -0.0251 e. The summed E-state index contributed by atoms with van der Waals surface area (Å²) in [5, 5.41) is 0. The molecule has 17 heavy (non-hydrogen) atoms. The van der Waals surface area contributed by atoms with Crippen molar-refractivity contribution in [2.45, 2.75) is 60.8 Å². The summed E-state index contributed by atoms with van der Waals surface area (Å²) in [7, 11) is 0. The maximum absolute atomic E-state index is 2.33. The van der Waals surface area contributed by atoms with E-state index in [-0.39, 0.29) is 0 Å². The van der Waals surface area contributed by atoms with Crippen molar-refractivity contribution in [2.75, 3.05) is 0 Å². The molecule has 0 amide bonds. The molecule has 0 radical (unpaired) electrons. The largest absolute Gasteiger partial charge is 0.0874 e. The van der Waals surface area contributed by atoms with Gasteiger partial charge in [-0.3, -0.25) is 0 Å². The molecule has 0 nitrogen and oxygen atoms in total. The van der Waals surface area contributed by atoms with Crippen LogP contribution in [0.2, 0.25) is 0 Å². The van der Waals surface area contributed by atoms with E-state index >= 15 is 0 Å². The molecular weight excluding hydrogens is 204 g/mol. The van der Waals surface area contributed by atoms with Crippen LogP contribution in [0.4, 0.5) is 0 Å². The summed E-state index contributed by atoms with van der Waals surface area (Å²) in [6.45, 7) is 13.4. The van der Waals surface area contributed by atoms with E-state index in [9.17, 15) is 0 Å². The third kappa shape index (κ3) is 7.20. The molecule has 0 heterocycles. The average Bonchev–Trinajstić information content (AvgIpc) is 2.34. The minimum atomic E-state index is 0.681. The van der Waals surface area contributed by atoms with Gasteiger partial charge in [-0.25, -0.2) is 0 Å². The molecule has 0 aliphatic carbocycles. The molecule has 98 valence electrons. The summed E-state index contributed by atoms with van der Waals surface area (Å²) < 4.78 is 0. The summed E-state index contributed by atoms with van der Waals surface area (Å²) in [5.74, 6) is 1.45. The minimum Gasteiger partial charge on any atom is -0.0874 e. The molecule has 0 rings (SSSR count). The fourth-order valence-electron chi connectivity index (χ4n) is 1.63. The van der Waals surface area contributed by atoms with Crippen LogP contribution < -0.4 is 0 Å². The van der Waals surface area contributed by atoms with Gasteiger partial charge in [-0.1, -0.05) is 64.8 Å². The minimum absolute atomic E-state index is 0.681. The molecule has 0 aliphatic rings. The van der Waals surface area contributed by atoms with E-state index in [1.165, 1.54) is 30.4 Å². The highest BCUT2D eigenvalue weighted by atomic mass is 14.1. The predicted octanol–water partition coefficient (Wildman–Crippen LogP) is 5.92. The predicted molar refractivity (Wildman–Crippen MR) is 80.2 cm³/mol. The Morgan fingerprint density at radius 2 is 1.71 bits per heavy atom. The zero-order valence-corrected chi connectivity index (χ0v) is 12.6. The second-order valence-electron chi connectivity index (χ2n) is 5.17. The van der Waals surface area contributed by atoms with Crippen LogP contribution in [-0.2, 0) is 0 Å². The summed E-state index contributed by atoms with van der Waals surface area (Å²) in [5.41, 5.74) is 2.91. The average molecular weight is 234 g/mol. The molecule has 0 spiro atoms. The van der Waals surface area contributed by atoms with Crippen LogP contribution in [0, 0.1) is 11.8 Å². The van der Waals surface area contributed by atoms with Gasteiger partial charge in [0, 0.05) is 0 Å². The van der Waals surface area contributed by atoms with E-state index in [1.807, 2.05) is 0 Å². The fraction of sp³-hybridized carbons (Fsp3) is 0.647. The summed E-state index contributed by atoms with van der Waals surface area (Å²) in [6.07, 6.45) is 12.7. The standard InChI is InChI=1S/C17H30/c1-7-10-17(13-15(5)9-3)16(6)12-11-14(4)8-2/h7,10-12,14-15H,8-9,13H2,1-6H3. The molecule has 0 bridgehead atoms. The zero-order chi connectivity index (χ0) is 13.3. The van der Waals surface area contributed by atoms with Crippen molar-refractivity contribution in [1.29, 1.82) is 0 Å². The highest BCUT2D eigenvalue weighted by Crippen LogP contribution is 2.20. The summed E-state index contributed by atoms with van der Waals surface area (Å²) in [4.78, 5) is 0. The van der Waals surface area contributed by atoms with Crippen LogP contribution in [0.25, 0.3) is 0 Å². The molecule has 2 atom stereocenters. The normalized spacial score (nSPS) is 17.5. The molecule has 0 aliphatic heterocycles. The first-order valence-electron chi connectivity index (χ1n) is 7.05. The van der Waals surface area contributed by atoms with E-state index in [1.54, 1.807) is 0 Å². The molecule has 0 aromatic heterocycles. The first-order chi connectivity index (χ1) is 8.04. The van der Waals surface area contributed by atoms with Crippen molar-refractivity contribution >= 4 is 0 Å². The van der Waals surface area contributed by atoms with Gasteiger partial charge in [0.25, 0.3) is 0 Å². The van der Waals surface area contributed by atoms with Gasteiger partial charge in [0.15, 0.2) is 0 Å². The van der Waals surface area contributed by atoms with E-state index in [4.69, 9.17) is 0 Å². The summed E-state index contributed by atoms with van der Waals surface area (Å²) in [6, 6.07) is 0. The highest BCUT2D eigenvalue weighted by molar-refractivity contribution is 5.32. The first-order valence-corrected chi connectivity index (χ1v) is 7.05. The van der Waals surface area contributed by atoms with Crippen LogP contribution in [-0.4, -0.2) is 0 Å². The van der Waals surface area contributed by atoms with Crippen molar-refractivity contribution in [3.8, 4) is 0 Å². The van der Waals surface area contributed by atoms with Crippen molar-refractivity contribution in [1.82, 2.24) is 0 Å². The zero-order valence-electron chi connectivity index (χ0n) is 12.6. The van der Waals surface area contributed by atoms with Gasteiger partial charge in [-0.05, 0) is 43.3 Å². The number of hydrogen-bond donors (Lipinski definition) is 0. The van der Waals surface area contributed by atoms with Crippen molar-refractivity contribution in [2.24, 2.45) is 11.8 Å². The van der Waals surface area contributed by atoms with Crippen LogP contribution in [0.5, 0.6) is 0 Å². The number of allylic oxidation sites excluding steroid dienone is 6. The fourth-order valence-corrected chi connectivity index (χ4v) is 1.63. The number of hydrogen-bond acceptors (Lipinski definition) is 0. The van der Waals surface area contributed by atoms with Gasteiger partial charge in [0.05, 0.1) is 0 Å². The molecule has 0 N–H and O–H groups in total. The van der Waals surface area contributed by atoms with Gasteiger partial charge in [-0.2, -0.15) is 0 Å². The van der Waals surface area contributed by atoms with Crippen molar-refractivity contribution in [3.05, 3.63) is 35.5 Å². The Morgan fingerprint density at radius 3 is 2.18 bits per heavy atom. The van der Waals surface area contributed by atoms with E-state index in [0.717, 1.165) is 5.92 Å². The van der Waals surface area contributed by atoms with Crippen LogP contribution in [0.1, 0.15) is 60.8 Å². The Hall–Kier alpha value is -0.780. The Bertz CT molecular complexity index is 278. The van der Waals surface area contributed by atoms with E-state index in [2.05, 4.69) is 65.8 Å². The lowest BCUT2D eigenvalue weighted by atomic mass is 9.94. The van der Waals surface area contributed by atoms with Gasteiger partial charge in [-0.15, -0.1) is 0 Å². The third-order valence-electron chi connectivity index (χ3n) is 3.46. The molecular formula is C17H30. The summed E-state index contributed by atoms with van der Waals surface area (Å²) >= 11 is 0. The first kappa shape index (κ1) is 16.2. The second-order valence-corrected chi connectivity index (χ2v) is 5.17. The Kier molecular flexibility index (Phi) is 8.85. The SMILES string of the molecule is CC=CC(CC(C)CC)=C(C)C=CC(C)CC. The third-order valence-corrected chi connectivity index (χ3v) is 3.46. The van der Waals surface area contributed by atoms with Crippen LogP contribution in [0.15, 0.2) is 35.5 Å². The Balaban J connectivity index is 4.79. The second kappa shape index (κ2) is 9.27. The van der Waals surface area contributed by atoms with Gasteiger partial charge in [0.2, 0.25) is 0 Å². The lowest BCUT2D eigenvalue weighted by Crippen LogP contribution is -1.96. The lowest BCUT2D eigenvalue weighted by Gasteiger charge is -2.11. The van der Waals surface area contributed by atoms with Gasteiger partial charge < -0.3 is 0 Å². The Labute approximate surface area is 109 Å².